The summed E-state index contributed by atoms with van der Waals surface area (Å²) in [5.41, 5.74) is 3.01. The number of carbonyl (C=O) groups is 1. The molecule has 2 aromatic carbocycles. The molecule has 0 N–H and O–H groups in total. The molecule has 3 aromatic rings. The van der Waals surface area contributed by atoms with Crippen molar-refractivity contribution in [3.05, 3.63) is 66.1 Å². The Morgan fingerprint density at radius 2 is 1.83 bits per heavy atom. The molecule has 1 aliphatic rings. The molecule has 120 valence electrons. The normalized spacial score (nSPS) is 17.5. The molecule has 1 amide bonds. The number of carbonyl (C=O) groups excluding carboxylic acids is 1. The van der Waals surface area contributed by atoms with Crippen LogP contribution in [0.2, 0.25) is 0 Å². The lowest BCUT2D eigenvalue weighted by Gasteiger charge is -2.15. The Kier molecular flexibility index (Phi) is 3.61. The van der Waals surface area contributed by atoms with E-state index in [1.807, 2.05) is 61.5 Å². The second kappa shape index (κ2) is 5.92. The zero-order chi connectivity index (χ0) is 16.5. The minimum absolute atomic E-state index is 0.0654. The highest BCUT2D eigenvalue weighted by Crippen LogP contribution is 2.31. The third-order valence-electron chi connectivity index (χ3n) is 4.29. The van der Waals surface area contributed by atoms with Crippen LogP contribution in [0.15, 0.2) is 59.1 Å². The van der Waals surface area contributed by atoms with Crippen molar-refractivity contribution in [1.29, 1.82) is 0 Å². The van der Waals surface area contributed by atoms with Gasteiger partial charge in [-0.05, 0) is 19.1 Å². The van der Waals surface area contributed by atoms with Crippen molar-refractivity contribution in [1.82, 2.24) is 10.1 Å². The van der Waals surface area contributed by atoms with Gasteiger partial charge in [-0.2, -0.15) is 4.98 Å². The van der Waals surface area contributed by atoms with Crippen LogP contribution in [0.5, 0.6) is 0 Å². The van der Waals surface area contributed by atoms with Gasteiger partial charge in [0, 0.05) is 24.2 Å². The quantitative estimate of drug-likeness (QED) is 0.740. The molecule has 0 radical (unpaired) electrons. The molecule has 0 aliphatic carbocycles. The number of anilines is 1. The lowest BCUT2D eigenvalue weighted by Crippen LogP contribution is -2.24. The van der Waals surface area contributed by atoms with E-state index < -0.39 is 0 Å². The van der Waals surface area contributed by atoms with Crippen molar-refractivity contribution in [3.8, 4) is 11.4 Å². The van der Waals surface area contributed by atoms with Crippen LogP contribution in [-0.4, -0.2) is 22.6 Å². The lowest BCUT2D eigenvalue weighted by molar-refractivity contribution is -0.117. The highest BCUT2D eigenvalue weighted by molar-refractivity contribution is 5.96. The minimum atomic E-state index is -0.0654. The van der Waals surface area contributed by atoms with Crippen molar-refractivity contribution >= 4 is 11.6 Å². The number of rotatable bonds is 3. The maximum Gasteiger partial charge on any atom is 0.232 e. The minimum Gasteiger partial charge on any atom is -0.339 e. The largest absolute Gasteiger partial charge is 0.339 e. The first-order chi connectivity index (χ1) is 11.7. The summed E-state index contributed by atoms with van der Waals surface area (Å²) in [5, 5.41) is 4.07. The Labute approximate surface area is 139 Å². The molecule has 0 spiro atoms. The monoisotopic (exact) mass is 319 g/mol. The molecule has 24 heavy (non-hydrogen) atoms. The van der Waals surface area contributed by atoms with E-state index in [-0.39, 0.29) is 11.8 Å². The summed E-state index contributed by atoms with van der Waals surface area (Å²) in [6, 6.07) is 17.6. The Hall–Kier alpha value is -2.95. The van der Waals surface area contributed by atoms with Crippen molar-refractivity contribution in [3.63, 3.8) is 0 Å². The summed E-state index contributed by atoms with van der Waals surface area (Å²) in [6.45, 7) is 2.60. The number of hydrogen-bond donors (Lipinski definition) is 0. The van der Waals surface area contributed by atoms with Crippen LogP contribution in [0.25, 0.3) is 11.4 Å². The lowest BCUT2D eigenvalue weighted by atomic mass is 10.1. The molecule has 0 saturated carbocycles. The molecule has 1 saturated heterocycles. The van der Waals surface area contributed by atoms with Gasteiger partial charge in [-0.25, -0.2) is 0 Å². The number of para-hydroxylation sites is 1. The van der Waals surface area contributed by atoms with Gasteiger partial charge >= 0.3 is 0 Å². The van der Waals surface area contributed by atoms with E-state index >= 15 is 0 Å². The third kappa shape index (κ3) is 2.69. The molecule has 4 rings (SSSR count). The molecule has 1 fully saturated rings. The smallest absolute Gasteiger partial charge is 0.232 e. The average molecular weight is 319 g/mol. The van der Waals surface area contributed by atoms with E-state index in [9.17, 15) is 4.79 Å². The fourth-order valence-corrected chi connectivity index (χ4v) is 2.95. The van der Waals surface area contributed by atoms with Crippen molar-refractivity contribution in [2.45, 2.75) is 19.3 Å². The Morgan fingerprint density at radius 1 is 1.08 bits per heavy atom. The van der Waals surface area contributed by atoms with Crippen LogP contribution < -0.4 is 4.90 Å². The number of benzene rings is 2. The zero-order valence-corrected chi connectivity index (χ0v) is 13.3. The van der Waals surface area contributed by atoms with E-state index in [2.05, 4.69) is 10.1 Å². The van der Waals surface area contributed by atoms with Crippen LogP contribution in [0, 0.1) is 6.92 Å². The van der Waals surface area contributed by atoms with Gasteiger partial charge in [0.15, 0.2) is 0 Å². The molecule has 0 unspecified atom stereocenters. The molecule has 0 bridgehead atoms. The molecule has 5 nitrogen and oxygen atoms in total. The Balaban J connectivity index is 1.55. The number of aromatic nitrogens is 2. The van der Waals surface area contributed by atoms with Gasteiger partial charge in [0.1, 0.15) is 0 Å². The maximum atomic E-state index is 12.3. The molecular weight excluding hydrogens is 302 g/mol. The number of nitrogens with zero attached hydrogens (tertiary/aromatic N) is 3. The van der Waals surface area contributed by atoms with Crippen molar-refractivity contribution in [2.75, 3.05) is 11.4 Å². The van der Waals surface area contributed by atoms with Gasteiger partial charge in [0.2, 0.25) is 17.6 Å². The van der Waals surface area contributed by atoms with Crippen LogP contribution in [0.4, 0.5) is 5.69 Å². The molecule has 1 aliphatic heterocycles. The Bertz CT molecular complexity index is 856. The SMILES string of the molecule is Cc1ccc(-c2noc([C@@H]3CC(=O)N(c4ccccc4)C3)n2)cc1. The maximum absolute atomic E-state index is 12.3. The van der Waals surface area contributed by atoms with Crippen LogP contribution in [-0.2, 0) is 4.79 Å². The van der Waals surface area contributed by atoms with E-state index in [1.165, 1.54) is 5.56 Å². The zero-order valence-electron chi connectivity index (χ0n) is 13.3. The summed E-state index contributed by atoms with van der Waals surface area (Å²) >= 11 is 0. The summed E-state index contributed by atoms with van der Waals surface area (Å²) < 4.78 is 5.43. The summed E-state index contributed by atoms with van der Waals surface area (Å²) in [6.07, 6.45) is 0.393. The molecule has 1 aromatic heterocycles. The average Bonchev–Trinajstić information content (AvgIpc) is 3.23. The van der Waals surface area contributed by atoms with Gasteiger partial charge < -0.3 is 9.42 Å². The second-order valence-electron chi connectivity index (χ2n) is 6.06. The fourth-order valence-electron chi connectivity index (χ4n) is 2.95. The van der Waals surface area contributed by atoms with E-state index in [0.717, 1.165) is 11.3 Å². The molecular formula is C19H17N3O2. The first kappa shape index (κ1) is 14.6. The first-order valence-electron chi connectivity index (χ1n) is 7.97. The predicted octanol–water partition coefficient (Wildman–Crippen LogP) is 3.57. The Morgan fingerprint density at radius 3 is 2.58 bits per heavy atom. The van der Waals surface area contributed by atoms with E-state index in [4.69, 9.17) is 4.52 Å². The topological polar surface area (TPSA) is 59.2 Å². The number of amides is 1. The number of hydrogen-bond acceptors (Lipinski definition) is 4. The van der Waals surface area contributed by atoms with Gasteiger partial charge in [0.25, 0.3) is 0 Å². The van der Waals surface area contributed by atoms with Gasteiger partial charge in [0.05, 0.1) is 5.92 Å². The van der Waals surface area contributed by atoms with E-state index in [1.54, 1.807) is 4.90 Å². The van der Waals surface area contributed by atoms with Gasteiger partial charge in [-0.3, -0.25) is 4.79 Å². The molecule has 2 heterocycles. The van der Waals surface area contributed by atoms with E-state index in [0.29, 0.717) is 24.7 Å². The fraction of sp³-hybridized carbons (Fsp3) is 0.211. The van der Waals surface area contributed by atoms with Gasteiger partial charge in [-0.15, -0.1) is 0 Å². The summed E-state index contributed by atoms with van der Waals surface area (Å²) in [5.74, 6) is 1.11. The second-order valence-corrected chi connectivity index (χ2v) is 6.06. The molecule has 5 heteroatoms. The predicted molar refractivity (Wildman–Crippen MR) is 90.6 cm³/mol. The highest BCUT2D eigenvalue weighted by Gasteiger charge is 2.35. The van der Waals surface area contributed by atoms with Crippen molar-refractivity contribution in [2.24, 2.45) is 0 Å². The van der Waals surface area contributed by atoms with Crippen LogP contribution in [0.1, 0.15) is 23.8 Å². The third-order valence-corrected chi connectivity index (χ3v) is 4.29. The summed E-state index contributed by atoms with van der Waals surface area (Å²) in [4.78, 5) is 18.6. The van der Waals surface area contributed by atoms with Crippen molar-refractivity contribution < 1.29 is 9.32 Å². The number of aryl methyl sites for hydroxylation is 1. The molecule has 1 atom stereocenters. The standard InChI is InChI=1S/C19H17N3O2/c1-13-7-9-14(10-8-13)18-20-19(24-21-18)15-11-17(23)22(12-15)16-5-3-2-4-6-16/h2-10,15H,11-12H2,1H3/t15-/m1/s1. The van der Waals surface area contributed by atoms with Crippen LogP contribution in [0.3, 0.4) is 0 Å². The highest BCUT2D eigenvalue weighted by atomic mass is 16.5. The van der Waals surface area contributed by atoms with Gasteiger partial charge in [-0.1, -0.05) is 53.2 Å². The van der Waals surface area contributed by atoms with Crippen LogP contribution >= 0.6 is 0 Å². The summed E-state index contributed by atoms with van der Waals surface area (Å²) in [7, 11) is 0. The first-order valence-corrected chi connectivity index (χ1v) is 7.97.